The second-order valence-electron chi connectivity index (χ2n) is 7.44. The molecule has 2 saturated heterocycles. The molecule has 1 N–H and O–H groups in total. The van der Waals surface area contributed by atoms with Crippen LogP contribution in [0.3, 0.4) is 0 Å². The number of carbonyl (C=O) groups is 2. The fraction of sp³-hybridized carbons (Fsp3) is 0.333. The van der Waals surface area contributed by atoms with Gasteiger partial charge in [0.1, 0.15) is 5.54 Å². The van der Waals surface area contributed by atoms with Crippen LogP contribution in [0.1, 0.15) is 36.9 Å². The fourth-order valence-electron chi connectivity index (χ4n) is 4.06. The van der Waals surface area contributed by atoms with E-state index in [9.17, 15) is 18.4 Å². The Bertz CT molecular complexity index is 921. The molecule has 0 aromatic heterocycles. The van der Waals surface area contributed by atoms with Crippen molar-refractivity contribution in [1.29, 1.82) is 0 Å². The summed E-state index contributed by atoms with van der Waals surface area (Å²) in [6.45, 7) is 2.45. The van der Waals surface area contributed by atoms with Crippen molar-refractivity contribution >= 4 is 11.9 Å². The highest BCUT2D eigenvalue weighted by Crippen LogP contribution is 2.34. The maximum atomic E-state index is 13.7. The molecule has 2 aliphatic rings. The van der Waals surface area contributed by atoms with Gasteiger partial charge in [-0.05, 0) is 43.0 Å². The highest BCUT2D eigenvalue weighted by molar-refractivity contribution is 6.07. The molecule has 3 amide bonds. The van der Waals surface area contributed by atoms with Crippen molar-refractivity contribution in [2.24, 2.45) is 0 Å². The molecule has 0 bridgehead atoms. The zero-order valence-electron chi connectivity index (χ0n) is 15.5. The second-order valence-corrected chi connectivity index (χ2v) is 7.44. The molecule has 146 valence electrons. The van der Waals surface area contributed by atoms with Crippen molar-refractivity contribution in [2.45, 2.75) is 31.3 Å². The molecule has 2 atom stereocenters. The molecule has 0 spiro atoms. The van der Waals surface area contributed by atoms with Gasteiger partial charge in [-0.2, -0.15) is 0 Å². The first-order chi connectivity index (χ1) is 13.4. The average Bonchev–Trinajstić information content (AvgIpc) is 3.24. The zero-order chi connectivity index (χ0) is 19.9. The third-order valence-electron chi connectivity index (χ3n) is 5.64. The monoisotopic (exact) mass is 385 g/mol. The number of benzene rings is 2. The molecule has 0 unspecified atom stereocenters. The van der Waals surface area contributed by atoms with E-state index in [0.29, 0.717) is 0 Å². The predicted molar refractivity (Wildman–Crippen MR) is 99.1 cm³/mol. The summed E-state index contributed by atoms with van der Waals surface area (Å²) in [7, 11) is 0. The Morgan fingerprint density at radius 1 is 1.11 bits per heavy atom. The van der Waals surface area contributed by atoms with Crippen molar-refractivity contribution in [3.05, 3.63) is 71.3 Å². The van der Waals surface area contributed by atoms with Gasteiger partial charge in [0.15, 0.2) is 11.6 Å². The van der Waals surface area contributed by atoms with Crippen LogP contribution in [0.25, 0.3) is 0 Å². The minimum atomic E-state index is -1.42. The molecule has 0 saturated carbocycles. The van der Waals surface area contributed by atoms with Crippen molar-refractivity contribution < 1.29 is 18.4 Å². The van der Waals surface area contributed by atoms with Crippen LogP contribution in [0.5, 0.6) is 0 Å². The molecule has 0 radical (unpaired) electrons. The van der Waals surface area contributed by atoms with Crippen LogP contribution < -0.4 is 5.32 Å². The van der Waals surface area contributed by atoms with Gasteiger partial charge < -0.3 is 5.32 Å². The number of likely N-dealkylation sites (tertiary alicyclic amines) is 1. The Kier molecular flexibility index (Phi) is 4.63. The van der Waals surface area contributed by atoms with E-state index in [1.54, 1.807) is 0 Å². The molecular weight excluding hydrogens is 364 g/mol. The first kappa shape index (κ1) is 18.6. The number of urea groups is 1. The highest BCUT2D eigenvalue weighted by Gasteiger charge is 2.50. The molecule has 2 heterocycles. The molecule has 2 aromatic rings. The molecular formula is C21H21F2N3O2. The Balaban J connectivity index is 1.56. The molecule has 7 heteroatoms. The number of carbonyl (C=O) groups excluding carboxylic acids is 2. The molecule has 2 aromatic carbocycles. The normalized spacial score (nSPS) is 25.4. The van der Waals surface area contributed by atoms with E-state index >= 15 is 0 Å². The lowest BCUT2D eigenvalue weighted by molar-refractivity contribution is -0.132. The van der Waals surface area contributed by atoms with E-state index in [2.05, 4.69) is 10.2 Å². The van der Waals surface area contributed by atoms with Gasteiger partial charge in [0.2, 0.25) is 0 Å². The van der Waals surface area contributed by atoms with Gasteiger partial charge in [0.25, 0.3) is 5.91 Å². The molecule has 0 aliphatic carbocycles. The molecule has 2 fully saturated rings. The molecule has 28 heavy (non-hydrogen) atoms. The lowest BCUT2D eigenvalue weighted by Gasteiger charge is -2.29. The van der Waals surface area contributed by atoms with Gasteiger partial charge in [0.05, 0.1) is 6.67 Å². The summed E-state index contributed by atoms with van der Waals surface area (Å²) < 4.78 is 26.9. The van der Waals surface area contributed by atoms with Crippen LogP contribution in [0.4, 0.5) is 13.6 Å². The van der Waals surface area contributed by atoms with E-state index in [0.717, 1.165) is 42.0 Å². The average molecular weight is 385 g/mol. The Morgan fingerprint density at radius 3 is 2.57 bits per heavy atom. The van der Waals surface area contributed by atoms with Crippen LogP contribution in [0, 0.1) is 11.6 Å². The maximum absolute atomic E-state index is 13.7. The predicted octanol–water partition coefficient (Wildman–Crippen LogP) is 3.53. The van der Waals surface area contributed by atoms with Crippen molar-refractivity contribution in [3.8, 4) is 0 Å². The number of imide groups is 1. The summed E-state index contributed by atoms with van der Waals surface area (Å²) in [5, 5.41) is 2.64. The van der Waals surface area contributed by atoms with Crippen LogP contribution in [-0.4, -0.2) is 35.0 Å². The first-order valence-electron chi connectivity index (χ1n) is 9.29. The smallest absolute Gasteiger partial charge is 0.319 e. The third-order valence-corrected chi connectivity index (χ3v) is 5.64. The molecule has 4 rings (SSSR count). The Morgan fingerprint density at radius 2 is 1.86 bits per heavy atom. The highest BCUT2D eigenvalue weighted by atomic mass is 19.2. The van der Waals surface area contributed by atoms with Crippen molar-refractivity contribution in [2.75, 3.05) is 13.2 Å². The number of nitrogens with zero attached hydrogens (tertiary/aromatic N) is 2. The standard InChI is InChI=1S/C21H21F2N3O2/c1-21(15-9-10-16(22)17(23)12-15)19(27)26(20(28)24-21)13-25-11-5-8-18(25)14-6-3-2-4-7-14/h2-4,6-7,9-10,12,18H,5,8,11,13H2,1H3,(H,24,28)/t18-,21+/m1/s1. The van der Waals surface area contributed by atoms with E-state index in [1.165, 1.54) is 13.0 Å². The van der Waals surface area contributed by atoms with Gasteiger partial charge in [-0.1, -0.05) is 36.4 Å². The second kappa shape index (κ2) is 6.98. The van der Waals surface area contributed by atoms with E-state index in [-0.39, 0.29) is 18.3 Å². The quantitative estimate of drug-likeness (QED) is 0.820. The van der Waals surface area contributed by atoms with Crippen LogP contribution in [0.2, 0.25) is 0 Å². The first-order valence-corrected chi connectivity index (χ1v) is 9.29. The Hall–Kier alpha value is -2.80. The topological polar surface area (TPSA) is 52.7 Å². The maximum Gasteiger partial charge on any atom is 0.326 e. The number of nitrogens with one attached hydrogen (secondary N) is 1. The van der Waals surface area contributed by atoms with Gasteiger partial charge >= 0.3 is 6.03 Å². The minimum absolute atomic E-state index is 0.136. The van der Waals surface area contributed by atoms with Crippen LogP contribution in [0.15, 0.2) is 48.5 Å². The number of hydrogen-bond donors (Lipinski definition) is 1. The van der Waals surface area contributed by atoms with Gasteiger partial charge in [-0.15, -0.1) is 0 Å². The number of amides is 3. The summed E-state index contributed by atoms with van der Waals surface area (Å²) in [5.74, 6) is -2.52. The van der Waals surface area contributed by atoms with Gasteiger partial charge in [0, 0.05) is 12.6 Å². The third kappa shape index (κ3) is 3.05. The van der Waals surface area contributed by atoms with Gasteiger partial charge in [-0.3, -0.25) is 9.69 Å². The zero-order valence-corrected chi connectivity index (χ0v) is 15.5. The van der Waals surface area contributed by atoms with E-state index in [1.807, 2.05) is 30.3 Å². The van der Waals surface area contributed by atoms with Gasteiger partial charge in [-0.25, -0.2) is 18.5 Å². The van der Waals surface area contributed by atoms with Crippen LogP contribution >= 0.6 is 0 Å². The minimum Gasteiger partial charge on any atom is -0.319 e. The summed E-state index contributed by atoms with van der Waals surface area (Å²) in [4.78, 5) is 28.9. The van der Waals surface area contributed by atoms with E-state index in [4.69, 9.17) is 0 Å². The fourth-order valence-corrected chi connectivity index (χ4v) is 4.06. The summed E-state index contributed by atoms with van der Waals surface area (Å²) in [6.07, 6.45) is 1.93. The number of rotatable bonds is 4. The molecule has 2 aliphatic heterocycles. The summed E-state index contributed by atoms with van der Waals surface area (Å²) >= 11 is 0. The lowest BCUT2D eigenvalue weighted by Crippen LogP contribution is -2.43. The summed E-state index contributed by atoms with van der Waals surface area (Å²) in [6, 6.07) is 12.8. The summed E-state index contributed by atoms with van der Waals surface area (Å²) in [5.41, 5.74) is -0.0585. The van der Waals surface area contributed by atoms with Crippen LogP contribution in [-0.2, 0) is 10.3 Å². The number of hydrogen-bond acceptors (Lipinski definition) is 3. The Labute approximate surface area is 161 Å². The molecule has 5 nitrogen and oxygen atoms in total. The van der Waals surface area contributed by atoms with Crippen molar-refractivity contribution in [3.63, 3.8) is 0 Å². The number of halogens is 2. The lowest BCUT2D eigenvalue weighted by atomic mass is 9.92. The largest absolute Gasteiger partial charge is 0.326 e. The SMILES string of the molecule is C[C@@]1(c2ccc(F)c(F)c2)NC(=O)N(CN2CCC[C@@H]2c2ccccc2)C1=O. The van der Waals surface area contributed by atoms with E-state index < -0.39 is 29.1 Å². The van der Waals surface area contributed by atoms with Crippen molar-refractivity contribution in [1.82, 2.24) is 15.1 Å².